The van der Waals surface area contributed by atoms with E-state index < -0.39 is 11.8 Å². The fourth-order valence-corrected chi connectivity index (χ4v) is 4.02. The van der Waals surface area contributed by atoms with Gasteiger partial charge in [-0.2, -0.15) is 0 Å². The number of carbonyl (C=O) groups is 3. The van der Waals surface area contributed by atoms with Gasteiger partial charge in [0.2, 0.25) is 0 Å². The van der Waals surface area contributed by atoms with Gasteiger partial charge in [0.15, 0.2) is 0 Å². The van der Waals surface area contributed by atoms with Gasteiger partial charge in [-0.15, -0.1) is 0 Å². The van der Waals surface area contributed by atoms with Gasteiger partial charge in [-0.1, -0.05) is 54.9 Å². The molecule has 3 aromatic carbocycles. The summed E-state index contributed by atoms with van der Waals surface area (Å²) in [6.07, 6.45) is 0.850. The Bertz CT molecular complexity index is 1270. The molecule has 1 heterocycles. The Morgan fingerprint density at radius 3 is 2.26 bits per heavy atom. The van der Waals surface area contributed by atoms with Gasteiger partial charge in [0, 0.05) is 23.5 Å². The highest BCUT2D eigenvalue weighted by Crippen LogP contribution is 2.30. The van der Waals surface area contributed by atoms with E-state index in [1.807, 2.05) is 56.3 Å². The van der Waals surface area contributed by atoms with Crippen molar-refractivity contribution in [1.82, 2.24) is 0 Å². The maximum atomic E-state index is 13.2. The van der Waals surface area contributed by atoms with Crippen LogP contribution < -0.4 is 15.1 Å². The topological polar surface area (TPSA) is 69.7 Å². The van der Waals surface area contributed by atoms with Gasteiger partial charge < -0.3 is 10.2 Å². The second-order valence-corrected chi connectivity index (χ2v) is 8.12. The SMILES string of the molecule is CCc1ccc(N2C(=O)C(Cl)=C(Nc3cccc(C(=O)N(CC)c4ccccc4)c3)C2=O)cc1. The van der Waals surface area contributed by atoms with Gasteiger partial charge in [0.1, 0.15) is 10.7 Å². The van der Waals surface area contributed by atoms with Crippen molar-refractivity contribution in [3.63, 3.8) is 0 Å². The summed E-state index contributed by atoms with van der Waals surface area (Å²) in [7, 11) is 0. The van der Waals surface area contributed by atoms with Crippen LogP contribution >= 0.6 is 11.6 Å². The molecule has 0 saturated heterocycles. The molecule has 0 saturated carbocycles. The highest BCUT2D eigenvalue weighted by Gasteiger charge is 2.39. The Morgan fingerprint density at radius 2 is 1.62 bits per heavy atom. The van der Waals surface area contributed by atoms with E-state index in [0.29, 0.717) is 23.5 Å². The Balaban J connectivity index is 1.57. The van der Waals surface area contributed by atoms with Crippen LogP contribution in [0.4, 0.5) is 17.1 Å². The lowest BCUT2D eigenvalue weighted by Gasteiger charge is -2.21. The van der Waals surface area contributed by atoms with E-state index in [0.717, 1.165) is 22.6 Å². The number of carbonyl (C=O) groups excluding carboxylic acids is 3. The van der Waals surface area contributed by atoms with E-state index in [-0.39, 0.29) is 16.6 Å². The minimum atomic E-state index is -0.591. The van der Waals surface area contributed by atoms with Crippen molar-refractivity contribution in [2.24, 2.45) is 0 Å². The molecule has 0 spiro atoms. The smallest absolute Gasteiger partial charge is 0.283 e. The number of halogens is 1. The van der Waals surface area contributed by atoms with E-state index in [1.54, 1.807) is 41.3 Å². The van der Waals surface area contributed by atoms with Crippen molar-refractivity contribution in [1.29, 1.82) is 0 Å². The molecule has 1 aliphatic heterocycles. The molecule has 0 fully saturated rings. The lowest BCUT2D eigenvalue weighted by molar-refractivity contribution is -0.120. The average Bonchev–Trinajstić information content (AvgIpc) is 3.08. The molecule has 3 amide bonds. The Kier molecular flexibility index (Phi) is 6.80. The molecule has 1 aliphatic rings. The lowest BCUT2D eigenvalue weighted by atomic mass is 10.1. The zero-order valence-corrected chi connectivity index (χ0v) is 19.7. The van der Waals surface area contributed by atoms with Crippen LogP contribution in [0.3, 0.4) is 0 Å². The molecule has 1 N–H and O–H groups in total. The summed E-state index contributed by atoms with van der Waals surface area (Å²) in [5, 5.41) is 2.76. The van der Waals surface area contributed by atoms with E-state index in [1.165, 1.54) is 0 Å². The molecule has 0 radical (unpaired) electrons. The number of aryl methyl sites for hydroxylation is 1. The standard InChI is InChI=1S/C27H24ClN3O3/c1-3-18-13-15-22(16-14-18)31-26(33)23(28)24(27(31)34)29-20-10-8-9-19(17-20)25(32)30(4-2)21-11-6-5-7-12-21/h5-17,29H,3-4H2,1-2H3. The van der Waals surface area contributed by atoms with Crippen molar-refractivity contribution in [3.05, 3.63) is 101 Å². The molecular weight excluding hydrogens is 450 g/mol. The van der Waals surface area contributed by atoms with Crippen LogP contribution in [0, 0.1) is 0 Å². The molecule has 6 nitrogen and oxygen atoms in total. The van der Waals surface area contributed by atoms with Crippen LogP contribution in [0.1, 0.15) is 29.8 Å². The summed E-state index contributed by atoms with van der Waals surface area (Å²) < 4.78 is 0. The average molecular weight is 474 g/mol. The summed E-state index contributed by atoms with van der Waals surface area (Å²) in [4.78, 5) is 41.7. The third-order valence-electron chi connectivity index (χ3n) is 5.64. The molecule has 0 bridgehead atoms. The minimum absolute atomic E-state index is 0.0220. The number of anilines is 3. The second kappa shape index (κ2) is 9.93. The van der Waals surface area contributed by atoms with Gasteiger partial charge in [0.25, 0.3) is 17.7 Å². The summed E-state index contributed by atoms with van der Waals surface area (Å²) in [5.41, 5.74) is 3.24. The van der Waals surface area contributed by atoms with Gasteiger partial charge in [0.05, 0.1) is 5.69 Å². The van der Waals surface area contributed by atoms with Gasteiger partial charge >= 0.3 is 0 Å². The third-order valence-corrected chi connectivity index (χ3v) is 5.99. The van der Waals surface area contributed by atoms with Crippen LogP contribution in [-0.2, 0) is 16.0 Å². The monoisotopic (exact) mass is 473 g/mol. The molecule has 0 unspecified atom stereocenters. The van der Waals surface area contributed by atoms with Crippen LogP contribution in [0.15, 0.2) is 89.6 Å². The number of hydrogen-bond donors (Lipinski definition) is 1. The predicted molar refractivity (Wildman–Crippen MR) is 135 cm³/mol. The number of benzene rings is 3. The summed E-state index contributed by atoms with van der Waals surface area (Å²) in [5.74, 6) is -1.31. The highest BCUT2D eigenvalue weighted by atomic mass is 35.5. The number of amides is 3. The third kappa shape index (κ3) is 4.45. The maximum absolute atomic E-state index is 13.2. The van der Waals surface area contributed by atoms with Crippen LogP contribution in [0.5, 0.6) is 0 Å². The van der Waals surface area contributed by atoms with Crippen LogP contribution in [0.2, 0.25) is 0 Å². The summed E-state index contributed by atoms with van der Waals surface area (Å²) in [6, 6.07) is 23.4. The molecule has 172 valence electrons. The van der Waals surface area contributed by atoms with E-state index in [4.69, 9.17) is 11.6 Å². The van der Waals surface area contributed by atoms with Gasteiger partial charge in [-0.3, -0.25) is 14.4 Å². The fraction of sp³-hybridized carbons (Fsp3) is 0.148. The van der Waals surface area contributed by atoms with Crippen molar-refractivity contribution in [2.45, 2.75) is 20.3 Å². The normalized spacial score (nSPS) is 13.4. The molecule has 4 rings (SSSR count). The first-order valence-corrected chi connectivity index (χ1v) is 11.4. The molecule has 34 heavy (non-hydrogen) atoms. The number of rotatable bonds is 7. The molecule has 0 aromatic heterocycles. The second-order valence-electron chi connectivity index (χ2n) is 7.75. The number of nitrogens with one attached hydrogen (secondary N) is 1. The van der Waals surface area contributed by atoms with Gasteiger partial charge in [-0.05, 0) is 61.4 Å². The van der Waals surface area contributed by atoms with E-state index in [9.17, 15) is 14.4 Å². The maximum Gasteiger partial charge on any atom is 0.283 e. The number of imide groups is 1. The fourth-order valence-electron chi connectivity index (χ4n) is 3.81. The zero-order valence-electron chi connectivity index (χ0n) is 18.9. The first kappa shape index (κ1) is 23.3. The van der Waals surface area contributed by atoms with Crippen LogP contribution in [0.25, 0.3) is 0 Å². The molecular formula is C27H24ClN3O3. The minimum Gasteiger partial charge on any atom is -0.350 e. The van der Waals surface area contributed by atoms with Crippen molar-refractivity contribution >= 4 is 46.4 Å². The Hall–Kier alpha value is -3.90. The first-order chi connectivity index (χ1) is 16.4. The van der Waals surface area contributed by atoms with Crippen LogP contribution in [-0.4, -0.2) is 24.3 Å². The lowest BCUT2D eigenvalue weighted by Crippen LogP contribution is -2.32. The Labute approximate surface area is 203 Å². The molecule has 0 aliphatic carbocycles. The van der Waals surface area contributed by atoms with E-state index in [2.05, 4.69) is 5.32 Å². The number of nitrogens with zero attached hydrogens (tertiary/aromatic N) is 2. The molecule has 0 atom stereocenters. The zero-order chi connectivity index (χ0) is 24.2. The largest absolute Gasteiger partial charge is 0.350 e. The molecule has 3 aromatic rings. The Morgan fingerprint density at radius 1 is 0.912 bits per heavy atom. The van der Waals surface area contributed by atoms with Crippen molar-refractivity contribution in [3.8, 4) is 0 Å². The summed E-state index contributed by atoms with van der Waals surface area (Å²) in [6.45, 7) is 4.43. The van der Waals surface area contributed by atoms with Gasteiger partial charge in [-0.25, -0.2) is 4.90 Å². The molecule has 7 heteroatoms. The quantitative estimate of drug-likeness (QED) is 0.469. The van der Waals surface area contributed by atoms with E-state index >= 15 is 0 Å². The van der Waals surface area contributed by atoms with Crippen molar-refractivity contribution < 1.29 is 14.4 Å². The predicted octanol–water partition coefficient (Wildman–Crippen LogP) is 5.35. The number of para-hydroxylation sites is 1. The first-order valence-electron chi connectivity index (χ1n) is 11.1. The van der Waals surface area contributed by atoms with Crippen molar-refractivity contribution in [2.75, 3.05) is 21.7 Å². The number of hydrogen-bond acceptors (Lipinski definition) is 4. The highest BCUT2D eigenvalue weighted by molar-refractivity contribution is 6.53. The summed E-state index contributed by atoms with van der Waals surface area (Å²) >= 11 is 6.26.